The van der Waals surface area contributed by atoms with E-state index in [1.165, 1.54) is 0 Å². The van der Waals surface area contributed by atoms with Crippen molar-refractivity contribution in [2.45, 2.75) is 53.0 Å². The SMILES string of the molecule is Cc1cc(C)c(S(=O)(=O)NCC(C)C(C)(C)C)cc1CO. The van der Waals surface area contributed by atoms with E-state index in [-0.39, 0.29) is 22.8 Å². The average Bonchev–Trinajstić information content (AvgIpc) is 2.34. The van der Waals surface area contributed by atoms with E-state index < -0.39 is 10.0 Å². The maximum atomic E-state index is 12.5. The lowest BCUT2D eigenvalue weighted by atomic mass is 9.82. The van der Waals surface area contributed by atoms with Gasteiger partial charge in [-0.2, -0.15) is 0 Å². The van der Waals surface area contributed by atoms with E-state index in [0.29, 0.717) is 17.7 Å². The van der Waals surface area contributed by atoms with Crippen molar-refractivity contribution in [3.8, 4) is 0 Å². The van der Waals surface area contributed by atoms with Crippen molar-refractivity contribution < 1.29 is 13.5 Å². The van der Waals surface area contributed by atoms with E-state index in [0.717, 1.165) is 5.56 Å². The highest BCUT2D eigenvalue weighted by Crippen LogP contribution is 2.26. The summed E-state index contributed by atoms with van der Waals surface area (Å²) in [6.07, 6.45) is 0. The lowest BCUT2D eigenvalue weighted by Gasteiger charge is -2.27. The molecule has 1 unspecified atom stereocenters. The van der Waals surface area contributed by atoms with Crippen molar-refractivity contribution in [2.24, 2.45) is 11.3 Å². The van der Waals surface area contributed by atoms with Crippen LogP contribution in [0.5, 0.6) is 0 Å². The molecule has 1 rings (SSSR count). The molecule has 1 aromatic rings. The van der Waals surface area contributed by atoms with E-state index in [2.05, 4.69) is 25.5 Å². The number of rotatable bonds is 5. The van der Waals surface area contributed by atoms with E-state index in [1.54, 1.807) is 19.1 Å². The molecule has 5 heteroatoms. The van der Waals surface area contributed by atoms with E-state index in [4.69, 9.17) is 0 Å². The number of hydrogen-bond donors (Lipinski definition) is 2. The van der Waals surface area contributed by atoms with Crippen LogP contribution in [0.1, 0.15) is 44.4 Å². The molecule has 0 amide bonds. The third kappa shape index (κ3) is 4.53. The first-order chi connectivity index (χ1) is 9.49. The lowest BCUT2D eigenvalue weighted by molar-refractivity contribution is 0.263. The molecular formula is C16H27NO3S. The third-order valence-electron chi connectivity index (χ3n) is 4.15. The van der Waals surface area contributed by atoms with Gasteiger partial charge in [-0.3, -0.25) is 0 Å². The number of benzene rings is 1. The monoisotopic (exact) mass is 313 g/mol. The fourth-order valence-electron chi connectivity index (χ4n) is 1.95. The van der Waals surface area contributed by atoms with Crippen molar-refractivity contribution in [1.82, 2.24) is 4.72 Å². The maximum Gasteiger partial charge on any atom is 0.240 e. The summed E-state index contributed by atoms with van der Waals surface area (Å²) < 4.78 is 27.6. The number of aryl methyl sites for hydroxylation is 2. The van der Waals surface area contributed by atoms with Crippen LogP contribution in [0.3, 0.4) is 0 Å². The largest absolute Gasteiger partial charge is 0.392 e. The predicted octanol–water partition coefficient (Wildman–Crippen LogP) is 2.76. The molecule has 0 fully saturated rings. The predicted molar refractivity (Wildman–Crippen MR) is 85.6 cm³/mol. The Hall–Kier alpha value is -0.910. The third-order valence-corrected chi connectivity index (χ3v) is 5.72. The van der Waals surface area contributed by atoms with Crippen molar-refractivity contribution in [3.63, 3.8) is 0 Å². The Kier molecular flexibility index (Phi) is 5.58. The van der Waals surface area contributed by atoms with Crippen LogP contribution in [0.2, 0.25) is 0 Å². The Labute approximate surface area is 128 Å². The summed E-state index contributed by atoms with van der Waals surface area (Å²) in [5, 5.41) is 9.31. The molecule has 0 aliphatic rings. The van der Waals surface area contributed by atoms with Crippen LogP contribution >= 0.6 is 0 Å². The molecule has 0 spiro atoms. The Morgan fingerprint density at radius 3 is 2.24 bits per heavy atom. The fraction of sp³-hybridized carbons (Fsp3) is 0.625. The van der Waals surface area contributed by atoms with Crippen molar-refractivity contribution in [1.29, 1.82) is 0 Å². The zero-order chi connectivity index (χ0) is 16.4. The van der Waals surface area contributed by atoms with E-state index in [1.807, 2.05) is 13.8 Å². The van der Waals surface area contributed by atoms with Crippen LogP contribution in [0.4, 0.5) is 0 Å². The number of aliphatic hydroxyl groups excluding tert-OH is 1. The van der Waals surface area contributed by atoms with Gasteiger partial charge in [-0.05, 0) is 47.9 Å². The highest BCUT2D eigenvalue weighted by molar-refractivity contribution is 7.89. The molecular weight excluding hydrogens is 286 g/mol. The van der Waals surface area contributed by atoms with Crippen molar-refractivity contribution in [3.05, 3.63) is 28.8 Å². The molecule has 1 atom stereocenters. The van der Waals surface area contributed by atoms with Crippen LogP contribution in [-0.2, 0) is 16.6 Å². The summed E-state index contributed by atoms with van der Waals surface area (Å²) in [6.45, 7) is 12.2. The summed E-state index contributed by atoms with van der Waals surface area (Å²) in [6, 6.07) is 3.36. The molecule has 0 heterocycles. The molecule has 2 N–H and O–H groups in total. The van der Waals surface area contributed by atoms with Crippen LogP contribution < -0.4 is 4.72 Å². The van der Waals surface area contributed by atoms with Gasteiger partial charge in [0.2, 0.25) is 10.0 Å². The van der Waals surface area contributed by atoms with Gasteiger partial charge < -0.3 is 5.11 Å². The van der Waals surface area contributed by atoms with Gasteiger partial charge in [0.15, 0.2) is 0 Å². The summed E-state index contributed by atoms with van der Waals surface area (Å²) >= 11 is 0. The smallest absolute Gasteiger partial charge is 0.240 e. The minimum absolute atomic E-state index is 0.0428. The standard InChI is InChI=1S/C16H27NO3S/c1-11-7-12(2)15(8-14(11)10-18)21(19,20)17-9-13(3)16(4,5)6/h7-8,13,17-18H,9-10H2,1-6H3. The summed E-state index contributed by atoms with van der Waals surface area (Å²) in [5.74, 6) is 0.218. The van der Waals surface area contributed by atoms with Gasteiger partial charge in [0.1, 0.15) is 0 Å². The molecule has 0 aliphatic carbocycles. The van der Waals surface area contributed by atoms with E-state index >= 15 is 0 Å². The Bertz CT molecular complexity index is 601. The first-order valence-electron chi connectivity index (χ1n) is 7.19. The average molecular weight is 313 g/mol. The van der Waals surface area contributed by atoms with Crippen molar-refractivity contribution >= 4 is 10.0 Å². The summed E-state index contributed by atoms with van der Waals surface area (Å²) in [5.41, 5.74) is 2.28. The van der Waals surface area contributed by atoms with Gasteiger partial charge in [-0.25, -0.2) is 13.1 Å². The fourth-order valence-corrected chi connectivity index (χ4v) is 3.36. The van der Waals surface area contributed by atoms with Gasteiger partial charge in [0, 0.05) is 6.54 Å². The first-order valence-corrected chi connectivity index (χ1v) is 8.68. The van der Waals surface area contributed by atoms with Crippen molar-refractivity contribution in [2.75, 3.05) is 6.54 Å². The molecule has 4 nitrogen and oxygen atoms in total. The van der Waals surface area contributed by atoms with Gasteiger partial charge in [-0.1, -0.05) is 33.8 Å². The van der Waals surface area contributed by atoms with Crippen LogP contribution in [0.25, 0.3) is 0 Å². The molecule has 0 aromatic heterocycles. The number of hydrogen-bond acceptors (Lipinski definition) is 3. The highest BCUT2D eigenvalue weighted by atomic mass is 32.2. The van der Waals surface area contributed by atoms with Gasteiger partial charge >= 0.3 is 0 Å². The number of sulfonamides is 1. The molecule has 21 heavy (non-hydrogen) atoms. The Morgan fingerprint density at radius 2 is 1.76 bits per heavy atom. The molecule has 0 saturated heterocycles. The molecule has 0 radical (unpaired) electrons. The Balaban J connectivity index is 3.04. The first kappa shape index (κ1) is 18.1. The zero-order valence-corrected chi connectivity index (χ0v) is 14.6. The zero-order valence-electron chi connectivity index (χ0n) is 13.8. The van der Waals surface area contributed by atoms with Crippen LogP contribution in [0, 0.1) is 25.2 Å². The molecule has 0 aliphatic heterocycles. The Morgan fingerprint density at radius 1 is 1.19 bits per heavy atom. The summed E-state index contributed by atoms with van der Waals surface area (Å²) in [7, 11) is -3.56. The van der Waals surface area contributed by atoms with Crippen LogP contribution in [0.15, 0.2) is 17.0 Å². The molecule has 1 aromatic carbocycles. The quantitative estimate of drug-likeness (QED) is 0.878. The topological polar surface area (TPSA) is 66.4 Å². The maximum absolute atomic E-state index is 12.5. The lowest BCUT2D eigenvalue weighted by Crippen LogP contribution is -2.34. The highest BCUT2D eigenvalue weighted by Gasteiger charge is 2.24. The second-order valence-corrected chi connectivity index (χ2v) is 8.56. The van der Waals surface area contributed by atoms with Gasteiger partial charge in [-0.15, -0.1) is 0 Å². The van der Waals surface area contributed by atoms with Gasteiger partial charge in [0.05, 0.1) is 11.5 Å². The summed E-state index contributed by atoms with van der Waals surface area (Å²) in [4.78, 5) is 0.248. The number of aliphatic hydroxyl groups is 1. The van der Waals surface area contributed by atoms with Crippen LogP contribution in [-0.4, -0.2) is 20.1 Å². The van der Waals surface area contributed by atoms with E-state index in [9.17, 15) is 13.5 Å². The molecule has 0 saturated carbocycles. The number of nitrogens with one attached hydrogen (secondary N) is 1. The second kappa shape index (κ2) is 6.46. The molecule has 120 valence electrons. The second-order valence-electron chi connectivity index (χ2n) is 6.82. The normalized spacial score (nSPS) is 14.2. The molecule has 0 bridgehead atoms. The minimum atomic E-state index is -3.56. The van der Waals surface area contributed by atoms with Gasteiger partial charge in [0.25, 0.3) is 0 Å². The minimum Gasteiger partial charge on any atom is -0.392 e.